The molecule has 6 aliphatic carbocycles. The number of phosphoric ester groups is 3. The summed E-state index contributed by atoms with van der Waals surface area (Å²) in [6, 6.07) is 34.6. The monoisotopic (exact) mass is 1180 g/mol. The minimum absolute atomic E-state index is 0.160. The van der Waals surface area contributed by atoms with Crippen molar-refractivity contribution in [2.45, 2.75) is 138 Å². The van der Waals surface area contributed by atoms with Crippen molar-refractivity contribution in [3.63, 3.8) is 0 Å². The molecule has 0 aromatic heterocycles. The van der Waals surface area contributed by atoms with Crippen molar-refractivity contribution in [1.82, 2.24) is 0 Å². The van der Waals surface area contributed by atoms with Gasteiger partial charge < -0.3 is 40.7 Å². The lowest BCUT2D eigenvalue weighted by molar-refractivity contribution is 0.245. The summed E-state index contributed by atoms with van der Waals surface area (Å²) in [6.07, 6.45) is 8.21. The van der Waals surface area contributed by atoms with Crippen molar-refractivity contribution >= 4 is 23.5 Å². The number of aryl methyl sites for hydroxylation is 12. The topological polar surface area (TPSA) is 134 Å². The van der Waals surface area contributed by atoms with Gasteiger partial charge in [0.1, 0.15) is 51.8 Å². The third-order valence-corrected chi connectivity index (χ3v) is 21.6. The Bertz CT molecular complexity index is 3460. The fourth-order valence-corrected chi connectivity index (χ4v) is 18.7. The third-order valence-electron chi connectivity index (χ3n) is 17.8. The van der Waals surface area contributed by atoms with E-state index in [1.54, 1.807) is 0 Å². The molecule has 7 aromatic carbocycles. The van der Waals surface area contributed by atoms with Gasteiger partial charge in [0.2, 0.25) is 0 Å². The first-order valence-electron chi connectivity index (χ1n) is 28.9. The molecule has 432 valence electrons. The Hall–Kier alpha value is -7.35. The Balaban J connectivity index is 0.932. The van der Waals surface area contributed by atoms with E-state index >= 15 is 13.7 Å². The van der Waals surface area contributed by atoms with E-state index < -0.39 is 23.5 Å². The van der Waals surface area contributed by atoms with Crippen molar-refractivity contribution in [3.05, 3.63) is 245 Å². The maximum absolute atomic E-state index is 15.7. The smallest absolute Gasteiger partial charge is 0.390 e. The van der Waals surface area contributed by atoms with E-state index in [1.165, 1.54) is 0 Å². The van der Waals surface area contributed by atoms with E-state index in [0.717, 1.165) is 100 Å². The van der Waals surface area contributed by atoms with E-state index in [2.05, 4.69) is 18.2 Å². The van der Waals surface area contributed by atoms with E-state index in [4.69, 9.17) is 40.7 Å². The number of hydrogen-bond donors (Lipinski definition) is 0. The van der Waals surface area contributed by atoms with Crippen LogP contribution in [0, 0.1) is 83.1 Å². The molecule has 0 unspecified atom stereocenters. The van der Waals surface area contributed by atoms with Crippen molar-refractivity contribution < 1.29 is 54.4 Å². The highest BCUT2D eigenvalue weighted by molar-refractivity contribution is 7.50. The van der Waals surface area contributed by atoms with Crippen LogP contribution in [0.4, 0.5) is 0 Å². The summed E-state index contributed by atoms with van der Waals surface area (Å²) in [5, 5.41) is 0. The van der Waals surface area contributed by atoms with Crippen LogP contribution >= 0.6 is 23.5 Å². The molecule has 12 nitrogen and oxygen atoms in total. The van der Waals surface area contributed by atoms with E-state index in [9.17, 15) is 0 Å². The van der Waals surface area contributed by atoms with Crippen LogP contribution in [0.3, 0.4) is 0 Å². The molecule has 15 heteroatoms. The Kier molecular flexibility index (Phi) is 13.8. The fraction of sp³-hybridized carbons (Fsp3) is 0.304. The fourth-order valence-electron chi connectivity index (χ4n) is 14.0. The highest BCUT2D eigenvalue weighted by Gasteiger charge is 2.58. The van der Waals surface area contributed by atoms with E-state index in [0.29, 0.717) is 71.0 Å². The molecule has 6 bridgehead atoms. The van der Waals surface area contributed by atoms with Gasteiger partial charge in [-0.25, -0.2) is 0 Å². The van der Waals surface area contributed by atoms with Gasteiger partial charge in [0.25, 0.3) is 0 Å². The molecule has 0 saturated heterocycles. The lowest BCUT2D eigenvalue weighted by Crippen LogP contribution is -2.19. The molecule has 6 atom stereocenters. The van der Waals surface area contributed by atoms with Crippen molar-refractivity contribution in [2.24, 2.45) is 0 Å². The lowest BCUT2D eigenvalue weighted by atomic mass is 9.75. The van der Waals surface area contributed by atoms with Crippen LogP contribution in [0.15, 0.2) is 145 Å². The number of hydrogen-bond acceptors (Lipinski definition) is 12. The molecule has 6 aliphatic rings. The second kappa shape index (κ2) is 20.7. The molecule has 0 spiro atoms. The van der Waals surface area contributed by atoms with Crippen molar-refractivity contribution in [2.75, 3.05) is 0 Å². The molecule has 0 fully saturated rings. The Morgan fingerprint density at radius 1 is 0.262 bits per heavy atom. The number of benzene rings is 7. The zero-order valence-corrected chi connectivity index (χ0v) is 52.1. The highest BCUT2D eigenvalue weighted by atomic mass is 31.2. The summed E-state index contributed by atoms with van der Waals surface area (Å²) >= 11 is 0. The summed E-state index contributed by atoms with van der Waals surface area (Å²) in [5.74, 6) is 2.60. The van der Waals surface area contributed by atoms with E-state index in [-0.39, 0.29) is 35.5 Å². The van der Waals surface area contributed by atoms with Gasteiger partial charge in [0.05, 0.1) is 0 Å². The SMILES string of the molecule is Cc1cccc(C)c1OP(=O)(OC1=C[C@@H]2C[C@H]1c1c2c2c(c3c1[C@@H]1C=C(OP(=O)(Oc4c(C)cccc4C)Oc4c(C)cccc4C)[C@H]3C1)[C@@H]1C=C(OP(=O)(Oc3c(C)cccc3C)Oc3c(C)cccc3C)[C@H]2C1)Oc1c(C)cccc1C. The van der Waals surface area contributed by atoms with Gasteiger partial charge in [-0.3, -0.25) is 0 Å². The van der Waals surface area contributed by atoms with E-state index in [1.807, 2.05) is 192 Å². The summed E-state index contributed by atoms with van der Waals surface area (Å²) in [6.45, 7) is 23.0. The van der Waals surface area contributed by atoms with Crippen molar-refractivity contribution in [3.8, 4) is 34.5 Å². The lowest BCUT2D eigenvalue weighted by Gasteiger charge is -2.33. The zero-order chi connectivity index (χ0) is 58.9. The number of fused-ring (bicyclic) bond motifs is 18. The van der Waals surface area contributed by atoms with Gasteiger partial charge in [-0.1, -0.05) is 109 Å². The minimum Gasteiger partial charge on any atom is -0.390 e. The first kappa shape index (κ1) is 55.8. The normalized spacial score (nSPS) is 20.4. The second-order valence-corrected chi connectivity index (χ2v) is 28.2. The molecule has 84 heavy (non-hydrogen) atoms. The Morgan fingerprint density at radius 3 is 0.595 bits per heavy atom. The predicted octanol–water partition coefficient (Wildman–Crippen LogP) is 19.6. The molecule has 0 N–H and O–H groups in total. The zero-order valence-electron chi connectivity index (χ0n) is 49.5. The average Bonchev–Trinajstić information content (AvgIpc) is 1.51. The second-order valence-electron chi connectivity index (χ2n) is 23.9. The first-order valence-corrected chi connectivity index (χ1v) is 33.3. The summed E-state index contributed by atoms with van der Waals surface area (Å²) in [5.41, 5.74) is 16.2. The number of allylic oxidation sites excluding steroid dienone is 6. The Morgan fingerprint density at radius 2 is 0.429 bits per heavy atom. The summed E-state index contributed by atoms with van der Waals surface area (Å²) in [7, 11) is -13.4. The van der Waals surface area contributed by atoms with Crippen LogP contribution in [0.5, 0.6) is 34.5 Å². The number of rotatable bonds is 18. The van der Waals surface area contributed by atoms with Crippen LogP contribution in [0.1, 0.15) is 155 Å². The van der Waals surface area contributed by atoms with Gasteiger partial charge >= 0.3 is 23.5 Å². The standard InChI is InChI=1S/C69H69O12P3/c1-37-19-13-20-38(2)64(37)76-82(70,77-65-39(3)21-14-22-40(65)4)73-55-34-49-31-52(55)61-58(49)62-53-33-51(36-57(53)75-84(72,80-68-45(9)27-17-28-46(68)10)81-69-47(11)29-18-30-48(69)12)60(62)63-54-32-50(59(61)63)35-56(54)74-83(71,78-66-41(5)23-15-24-42(66)6)79-67-43(7)25-16-26-44(67)8/h13-30,34-36,49-54H,31-33H2,1-12H3/t49-,50-,51-,52+,53+,54+/m0/s1. The maximum atomic E-state index is 15.7. The highest BCUT2D eigenvalue weighted by Crippen LogP contribution is 2.72. The number of phosphoric acid groups is 3. The molecule has 0 amide bonds. The summed E-state index contributed by atoms with van der Waals surface area (Å²) < 4.78 is 107. The van der Waals surface area contributed by atoms with Crippen LogP contribution in [-0.2, 0) is 27.3 Å². The average molecular weight is 1180 g/mol. The number of para-hydroxylation sites is 6. The minimum atomic E-state index is -4.48. The van der Waals surface area contributed by atoms with Crippen LogP contribution < -0.4 is 27.1 Å². The molecule has 0 aliphatic heterocycles. The van der Waals surface area contributed by atoms with Crippen LogP contribution in [0.25, 0.3) is 0 Å². The van der Waals surface area contributed by atoms with Crippen molar-refractivity contribution in [1.29, 1.82) is 0 Å². The molecular formula is C69H69O12P3. The maximum Gasteiger partial charge on any atom is 0.646 e. The molecule has 0 radical (unpaired) electrons. The van der Waals surface area contributed by atoms with Crippen LogP contribution in [0.2, 0.25) is 0 Å². The van der Waals surface area contributed by atoms with Gasteiger partial charge in [0.15, 0.2) is 0 Å². The van der Waals surface area contributed by atoms with Gasteiger partial charge in [0, 0.05) is 35.5 Å². The predicted molar refractivity (Wildman–Crippen MR) is 326 cm³/mol. The van der Waals surface area contributed by atoms with Gasteiger partial charge in [-0.05, 0) is 221 Å². The molecule has 0 saturated carbocycles. The molecule has 13 rings (SSSR count). The Labute approximate surface area is 492 Å². The quantitative estimate of drug-likeness (QED) is 0.0757. The largest absolute Gasteiger partial charge is 0.646 e. The van der Waals surface area contributed by atoms with Crippen LogP contribution in [-0.4, -0.2) is 0 Å². The molecular weight excluding hydrogens is 1110 g/mol. The first-order chi connectivity index (χ1) is 40.1. The van der Waals surface area contributed by atoms with Gasteiger partial charge in [-0.2, -0.15) is 13.7 Å². The molecule has 7 aromatic rings. The summed E-state index contributed by atoms with van der Waals surface area (Å²) in [4.78, 5) is 0. The molecule has 0 heterocycles. The van der Waals surface area contributed by atoms with Gasteiger partial charge in [-0.15, -0.1) is 0 Å². The third kappa shape index (κ3) is 9.57.